The summed E-state index contributed by atoms with van der Waals surface area (Å²) >= 11 is 0. The summed E-state index contributed by atoms with van der Waals surface area (Å²) in [6.45, 7) is 32.8. The van der Waals surface area contributed by atoms with Gasteiger partial charge in [0.1, 0.15) is 48.8 Å². The number of hydrogen-bond donors (Lipinski definition) is 0. The molecular weight excluding hydrogens is 1360 g/mol. The van der Waals surface area contributed by atoms with Crippen LogP contribution in [0.3, 0.4) is 0 Å². The minimum Gasteiger partial charge on any atom is -0.382 e. The van der Waals surface area contributed by atoms with Gasteiger partial charge in [-0.1, -0.05) is 353 Å². The molecule has 8 atom stereocenters. The molecule has 8 aliphatic rings. The molecule has 0 aliphatic carbocycles. The number of epoxide rings is 8. The van der Waals surface area contributed by atoms with Crippen LogP contribution in [0.1, 0.15) is 62.3 Å². The molecule has 8 fully saturated rings. The molecule has 606 valence electrons. The van der Waals surface area contributed by atoms with E-state index in [0.717, 1.165) is 123 Å². The number of rotatable bonds is 16. The maximum Gasteiger partial charge on any atom is 0.104 e. The van der Waals surface area contributed by atoms with Gasteiger partial charge in [-0.3, -0.25) is 0 Å². The molecule has 8 aromatic carbocycles. The summed E-state index contributed by atoms with van der Waals surface area (Å²) < 4.78 is 76.5. The molecule has 8 heterocycles. The van der Waals surface area contributed by atoms with Crippen LogP contribution in [-0.2, 0) is 75.8 Å². The topological polar surface area (TPSA) is 174 Å². The smallest absolute Gasteiger partial charge is 0.104 e. The van der Waals surface area contributed by atoms with Gasteiger partial charge in [-0.2, -0.15) is 0 Å². The van der Waals surface area contributed by atoms with Gasteiger partial charge in [-0.25, -0.2) is 0 Å². The third-order valence-corrected chi connectivity index (χ3v) is 11.4. The monoisotopic (exact) mass is 1500 g/mol. The Morgan fingerprint density at radius 1 is 0.157 bits per heavy atom. The predicted octanol–water partition coefficient (Wildman–Crippen LogP) is 18.7. The second-order valence-electron chi connectivity index (χ2n) is 25.7. The fourth-order valence-electron chi connectivity index (χ4n) is 5.88. The average molecular weight is 1500 g/mol. The van der Waals surface area contributed by atoms with E-state index in [1.807, 2.05) is 291 Å². The Morgan fingerprint density at radius 2 is 0.204 bits per heavy atom. The lowest BCUT2D eigenvalue weighted by molar-refractivity contribution is 0.171. The first-order valence-corrected chi connectivity index (χ1v) is 37.5. The van der Waals surface area contributed by atoms with Gasteiger partial charge >= 0.3 is 0 Å². The van der Waals surface area contributed by atoms with Crippen LogP contribution in [0.15, 0.2) is 291 Å². The van der Waals surface area contributed by atoms with E-state index in [9.17, 15) is 0 Å². The molecule has 8 aromatic rings. The van der Waals surface area contributed by atoms with Crippen molar-refractivity contribution < 1.29 is 75.8 Å². The van der Waals surface area contributed by atoms with Gasteiger partial charge in [0.15, 0.2) is 0 Å². The summed E-state index contributed by atoms with van der Waals surface area (Å²) in [6, 6.07) is 96.0. The summed E-state index contributed by atoms with van der Waals surface area (Å²) in [4.78, 5) is 0. The van der Waals surface area contributed by atoms with E-state index in [1.165, 1.54) is 0 Å². The molecule has 0 spiro atoms. The average Bonchev–Trinajstić information content (AvgIpc) is 1.88. The standard InChI is InChI=1S/8C6H6.8C4H8O2.3C4H10/c8*1-2-4-6-5-3-1;8*1-5-2-4-3-6-4;3*1-4(2)3/h8*1-6H;8*4H,2-3H2,1H3;3*4H,1-3H3. The van der Waals surface area contributed by atoms with Crippen molar-refractivity contribution in [3.05, 3.63) is 291 Å². The Balaban J connectivity index is -0.00000108. The molecule has 0 N–H and O–H groups in total. The molecule has 0 radical (unpaired) electrons. The van der Waals surface area contributed by atoms with Crippen LogP contribution in [0.4, 0.5) is 0 Å². The van der Waals surface area contributed by atoms with E-state index in [2.05, 4.69) is 62.3 Å². The van der Waals surface area contributed by atoms with Gasteiger partial charge in [0.2, 0.25) is 0 Å². The van der Waals surface area contributed by atoms with Crippen molar-refractivity contribution in [2.75, 3.05) is 163 Å². The van der Waals surface area contributed by atoms with E-state index in [0.29, 0.717) is 48.8 Å². The van der Waals surface area contributed by atoms with Crippen molar-refractivity contribution in [3.63, 3.8) is 0 Å². The Labute approximate surface area is 655 Å². The lowest BCUT2D eigenvalue weighted by Crippen LogP contribution is -1.94. The SMILES string of the molecule is CC(C)C.CC(C)C.CC(C)C.COCC1CO1.COCC1CO1.COCC1CO1.COCC1CO1.COCC1CO1.COCC1CO1.COCC1CO1.COCC1CO1.c1ccccc1.c1ccccc1.c1ccccc1.c1ccccc1.c1ccccc1.c1ccccc1.c1ccccc1.c1ccccc1. The van der Waals surface area contributed by atoms with Gasteiger partial charge in [0, 0.05) is 56.9 Å². The van der Waals surface area contributed by atoms with Crippen LogP contribution in [0.5, 0.6) is 0 Å². The second-order valence-corrected chi connectivity index (χ2v) is 25.7. The van der Waals surface area contributed by atoms with Gasteiger partial charge in [-0.05, 0) is 17.8 Å². The first kappa shape index (κ1) is 105. The highest BCUT2D eigenvalue weighted by atomic mass is 16.6. The summed E-state index contributed by atoms with van der Waals surface area (Å²) in [5.74, 6) is 2.50. The maximum atomic E-state index is 4.82. The molecule has 8 saturated heterocycles. The maximum absolute atomic E-state index is 4.82. The normalized spacial score (nSPS) is 18.1. The molecule has 8 unspecified atom stereocenters. The van der Waals surface area contributed by atoms with Gasteiger partial charge in [0.05, 0.1) is 106 Å². The van der Waals surface area contributed by atoms with E-state index in [1.54, 1.807) is 56.9 Å². The molecule has 0 aromatic heterocycles. The summed E-state index contributed by atoms with van der Waals surface area (Å²) in [5.41, 5.74) is 0. The molecule has 8 aliphatic heterocycles. The molecule has 0 amide bonds. The first-order chi connectivity index (χ1) is 52.7. The fourth-order valence-corrected chi connectivity index (χ4v) is 5.88. The Kier molecular flexibility index (Phi) is 85.2. The van der Waals surface area contributed by atoms with Crippen LogP contribution in [0.2, 0.25) is 0 Å². The van der Waals surface area contributed by atoms with Crippen molar-refractivity contribution >= 4 is 0 Å². The molecule has 108 heavy (non-hydrogen) atoms. The zero-order chi connectivity index (χ0) is 79.9. The zero-order valence-corrected chi connectivity index (χ0v) is 68.9. The lowest BCUT2D eigenvalue weighted by atomic mass is 10.3. The number of benzene rings is 8. The quantitative estimate of drug-likeness (QED) is 0.0835. The van der Waals surface area contributed by atoms with Crippen LogP contribution < -0.4 is 0 Å². The molecule has 0 bridgehead atoms. The molecule has 16 nitrogen and oxygen atoms in total. The minimum atomic E-state index is 0.426. The van der Waals surface area contributed by atoms with E-state index in [-0.39, 0.29) is 0 Å². The van der Waals surface area contributed by atoms with E-state index < -0.39 is 0 Å². The summed E-state index contributed by atoms with van der Waals surface area (Å²) in [7, 11) is 13.5. The zero-order valence-electron chi connectivity index (χ0n) is 68.9. The highest BCUT2D eigenvalue weighted by Gasteiger charge is 2.24. The van der Waals surface area contributed by atoms with Crippen molar-refractivity contribution in [2.24, 2.45) is 17.8 Å². The number of methoxy groups -OCH3 is 8. The Morgan fingerprint density at radius 3 is 0.222 bits per heavy atom. The van der Waals surface area contributed by atoms with Gasteiger partial charge < -0.3 is 75.8 Å². The number of ether oxygens (including phenoxy) is 16. The van der Waals surface area contributed by atoms with Crippen molar-refractivity contribution in [2.45, 2.75) is 111 Å². The van der Waals surface area contributed by atoms with Crippen LogP contribution in [0.25, 0.3) is 0 Å². The van der Waals surface area contributed by atoms with Crippen molar-refractivity contribution in [1.82, 2.24) is 0 Å². The van der Waals surface area contributed by atoms with Crippen molar-refractivity contribution in [1.29, 1.82) is 0 Å². The largest absolute Gasteiger partial charge is 0.382 e. The Hall–Kier alpha value is -6.88. The first-order valence-electron chi connectivity index (χ1n) is 37.5. The summed E-state index contributed by atoms with van der Waals surface area (Å²) in [6.07, 6.45) is 3.41. The minimum absolute atomic E-state index is 0.426. The molecular formula is C92H142O16. The van der Waals surface area contributed by atoms with Gasteiger partial charge in [-0.15, -0.1) is 0 Å². The summed E-state index contributed by atoms with van der Waals surface area (Å²) in [5, 5.41) is 0. The molecule has 16 rings (SSSR count). The third kappa shape index (κ3) is 120. The van der Waals surface area contributed by atoms with Crippen LogP contribution in [0, 0.1) is 17.8 Å². The van der Waals surface area contributed by atoms with Crippen LogP contribution >= 0.6 is 0 Å². The Bertz CT molecular complexity index is 1930. The third-order valence-electron chi connectivity index (χ3n) is 11.4. The fraction of sp³-hybridized carbons (Fsp3) is 0.478. The van der Waals surface area contributed by atoms with E-state index in [4.69, 9.17) is 75.8 Å². The lowest BCUT2D eigenvalue weighted by Gasteiger charge is -1.84. The van der Waals surface area contributed by atoms with Crippen molar-refractivity contribution in [3.8, 4) is 0 Å². The predicted molar refractivity (Wildman–Crippen MR) is 446 cm³/mol. The number of hydrogen-bond acceptors (Lipinski definition) is 16. The second kappa shape index (κ2) is 87.3. The highest BCUT2D eigenvalue weighted by Crippen LogP contribution is 2.11. The highest BCUT2D eigenvalue weighted by molar-refractivity contribution is 5.03. The van der Waals surface area contributed by atoms with Gasteiger partial charge in [0.25, 0.3) is 0 Å². The molecule has 0 saturated carbocycles. The van der Waals surface area contributed by atoms with Crippen LogP contribution in [-0.4, -0.2) is 211 Å². The molecule has 16 heteroatoms. The van der Waals surface area contributed by atoms with E-state index >= 15 is 0 Å².